The highest BCUT2D eigenvalue weighted by Gasteiger charge is 2.22. The first-order valence-electron chi connectivity index (χ1n) is 16.8. The Hall–Kier alpha value is -3.26. The van der Waals surface area contributed by atoms with Gasteiger partial charge in [-0.05, 0) is 68.0 Å². The highest BCUT2D eigenvalue weighted by Crippen LogP contribution is 2.45. The summed E-state index contributed by atoms with van der Waals surface area (Å²) in [5, 5.41) is 0. The zero-order valence-electron chi connectivity index (χ0n) is 28.3. The number of nitrogens with two attached hydrogens (primary N) is 1. The summed E-state index contributed by atoms with van der Waals surface area (Å²) in [6.07, 6.45) is 16.1. The van der Waals surface area contributed by atoms with Gasteiger partial charge in [0.2, 0.25) is 5.75 Å². The quantitative estimate of drug-likeness (QED) is 0.0678. The van der Waals surface area contributed by atoms with Crippen LogP contribution in [0.25, 0.3) is 22.3 Å². The lowest BCUT2D eigenvalue weighted by atomic mass is 9.97. The molecule has 4 N–H and O–H groups in total. The van der Waals surface area contributed by atoms with Gasteiger partial charge in [-0.25, -0.2) is 0 Å². The fourth-order valence-electron chi connectivity index (χ4n) is 5.62. The molecule has 3 aromatic rings. The predicted octanol–water partition coefficient (Wildman–Crippen LogP) is 9.95. The van der Waals surface area contributed by atoms with Crippen LogP contribution in [-0.2, 0) is 4.99 Å². The smallest absolute Gasteiger partial charge is 0.210 e. The maximum Gasteiger partial charge on any atom is 0.210 e. The Balaban J connectivity index is 0.00000705. The van der Waals surface area contributed by atoms with Crippen LogP contribution < -0.4 is 25.0 Å². The van der Waals surface area contributed by atoms with Gasteiger partial charge in [0, 0.05) is 11.1 Å². The summed E-state index contributed by atoms with van der Waals surface area (Å²) in [4.78, 5) is 9.97. The van der Waals surface area contributed by atoms with Gasteiger partial charge in [-0.3, -0.25) is 0 Å². The van der Waals surface area contributed by atoms with Crippen LogP contribution in [0.1, 0.15) is 110 Å². The summed E-state index contributed by atoms with van der Waals surface area (Å²) in [7, 11) is 1.68. The van der Waals surface area contributed by atoms with Crippen molar-refractivity contribution >= 4 is 0 Å². The average Bonchev–Trinajstić information content (AvgIpc) is 3.04. The molecule has 0 saturated heterocycles. The fraction of sp³-hybridized carbons (Fsp3) is 0.526. The van der Waals surface area contributed by atoms with E-state index in [2.05, 4.69) is 74.3 Å². The zero-order chi connectivity index (χ0) is 31.6. The summed E-state index contributed by atoms with van der Waals surface area (Å²) in [5.41, 5.74) is 4.95. The van der Waals surface area contributed by atoms with Gasteiger partial charge >= 0.3 is 0 Å². The van der Waals surface area contributed by atoms with Crippen molar-refractivity contribution in [2.45, 2.75) is 117 Å². The van der Waals surface area contributed by atoms with Gasteiger partial charge in [0.15, 0.2) is 5.75 Å². The van der Waals surface area contributed by atoms with E-state index in [1.54, 1.807) is 7.11 Å². The second-order valence-corrected chi connectivity index (χ2v) is 11.8. The SMILES string of the molecule is CCCCCCCCCCOc1ccc(-c2ccc(-c3cc(OON)c(OC(C)CCCCCC)c(C)c3OC)cc2)cc1.O. The van der Waals surface area contributed by atoms with Crippen LogP contribution >= 0.6 is 0 Å². The molecule has 1 atom stereocenters. The molecule has 0 aliphatic heterocycles. The molecule has 0 saturated carbocycles. The molecule has 45 heavy (non-hydrogen) atoms. The van der Waals surface area contributed by atoms with E-state index in [0.29, 0.717) is 11.5 Å². The lowest BCUT2D eigenvalue weighted by Crippen LogP contribution is -2.14. The van der Waals surface area contributed by atoms with Gasteiger partial charge in [0.25, 0.3) is 0 Å². The number of hydrogen-bond acceptors (Lipinski definition) is 6. The van der Waals surface area contributed by atoms with Crippen molar-refractivity contribution in [3.05, 3.63) is 60.2 Å². The van der Waals surface area contributed by atoms with E-state index in [-0.39, 0.29) is 11.6 Å². The van der Waals surface area contributed by atoms with Crippen LogP contribution in [0.4, 0.5) is 0 Å². The van der Waals surface area contributed by atoms with E-state index in [1.807, 2.05) is 13.0 Å². The Labute approximate surface area is 271 Å². The average molecular weight is 624 g/mol. The van der Waals surface area contributed by atoms with Crippen LogP contribution in [-0.4, -0.2) is 25.3 Å². The highest BCUT2D eigenvalue weighted by atomic mass is 17.3. The molecule has 0 fully saturated rings. The largest absolute Gasteiger partial charge is 0.496 e. The van der Waals surface area contributed by atoms with Gasteiger partial charge in [0.1, 0.15) is 11.5 Å². The third kappa shape index (κ3) is 12.2. The highest BCUT2D eigenvalue weighted by molar-refractivity contribution is 5.79. The van der Waals surface area contributed by atoms with Gasteiger partial charge in [-0.1, -0.05) is 119 Å². The third-order valence-corrected chi connectivity index (χ3v) is 8.20. The maximum atomic E-state index is 6.34. The standard InChI is InChI=1S/C38H55NO5.H2O/c1-6-8-10-12-13-14-15-17-27-41-34-25-23-32(24-26-34)31-19-21-33(22-20-31)35-28-36(43-44-39)38(30(4)37(35)40-5)42-29(3)18-16-11-9-7-2;/h19-26,28-29H,6-18,27,39H2,1-5H3;1H2. The summed E-state index contributed by atoms with van der Waals surface area (Å²) in [5.74, 6) is 7.98. The molecular formula is C38H57NO6. The topological polar surface area (TPSA) is 104 Å². The molecule has 0 aromatic heterocycles. The molecule has 0 radical (unpaired) electrons. The molecule has 0 spiro atoms. The number of unbranched alkanes of at least 4 members (excludes halogenated alkanes) is 10. The van der Waals surface area contributed by atoms with Crippen LogP contribution in [0.15, 0.2) is 54.6 Å². The first-order valence-corrected chi connectivity index (χ1v) is 16.8. The molecule has 3 rings (SSSR count). The molecule has 7 heteroatoms. The second-order valence-electron chi connectivity index (χ2n) is 11.8. The number of rotatable bonds is 22. The first kappa shape index (κ1) is 37.9. The van der Waals surface area contributed by atoms with Gasteiger partial charge in [-0.2, -0.15) is 5.90 Å². The molecule has 0 aliphatic carbocycles. The number of ether oxygens (including phenoxy) is 3. The van der Waals surface area contributed by atoms with Crippen molar-refractivity contribution < 1.29 is 29.6 Å². The van der Waals surface area contributed by atoms with Crippen molar-refractivity contribution in [1.29, 1.82) is 0 Å². The Kier molecular flexibility index (Phi) is 18.1. The van der Waals surface area contributed by atoms with Crippen molar-refractivity contribution in [3.8, 4) is 45.3 Å². The lowest BCUT2D eigenvalue weighted by Gasteiger charge is -2.22. The summed E-state index contributed by atoms with van der Waals surface area (Å²) >= 11 is 0. The molecule has 0 bridgehead atoms. The summed E-state index contributed by atoms with van der Waals surface area (Å²) in [6.45, 7) is 9.29. The van der Waals surface area contributed by atoms with Crippen molar-refractivity contribution in [2.24, 2.45) is 5.90 Å². The summed E-state index contributed by atoms with van der Waals surface area (Å²) < 4.78 is 18.2. The van der Waals surface area contributed by atoms with Crippen LogP contribution in [0.5, 0.6) is 23.0 Å². The van der Waals surface area contributed by atoms with E-state index in [9.17, 15) is 0 Å². The number of methoxy groups -OCH3 is 1. The lowest BCUT2D eigenvalue weighted by molar-refractivity contribution is -0.212. The molecule has 0 aliphatic rings. The first-order chi connectivity index (χ1) is 21.5. The molecular weight excluding hydrogens is 566 g/mol. The zero-order valence-corrected chi connectivity index (χ0v) is 28.3. The Morgan fingerprint density at radius 3 is 1.80 bits per heavy atom. The van der Waals surface area contributed by atoms with Gasteiger partial charge in [-0.15, -0.1) is 0 Å². The van der Waals surface area contributed by atoms with Crippen LogP contribution in [0, 0.1) is 6.92 Å². The van der Waals surface area contributed by atoms with Crippen molar-refractivity contribution in [2.75, 3.05) is 13.7 Å². The van der Waals surface area contributed by atoms with Crippen LogP contribution in [0.2, 0.25) is 0 Å². The van der Waals surface area contributed by atoms with E-state index in [4.69, 9.17) is 25.0 Å². The van der Waals surface area contributed by atoms with Crippen molar-refractivity contribution in [3.63, 3.8) is 0 Å². The van der Waals surface area contributed by atoms with Crippen molar-refractivity contribution in [1.82, 2.24) is 0 Å². The molecule has 0 heterocycles. The van der Waals surface area contributed by atoms with Crippen LogP contribution in [0.3, 0.4) is 0 Å². The Morgan fingerprint density at radius 2 is 1.22 bits per heavy atom. The van der Waals surface area contributed by atoms with Gasteiger partial charge < -0.3 is 24.6 Å². The minimum atomic E-state index is 0. The third-order valence-electron chi connectivity index (χ3n) is 8.20. The van der Waals surface area contributed by atoms with Gasteiger partial charge in [0.05, 0.1) is 19.8 Å². The number of benzene rings is 3. The van der Waals surface area contributed by atoms with E-state index in [0.717, 1.165) is 65.2 Å². The molecule has 7 nitrogen and oxygen atoms in total. The Bertz CT molecular complexity index is 1210. The fourth-order valence-corrected chi connectivity index (χ4v) is 5.62. The normalized spacial score (nSPS) is 11.5. The maximum absolute atomic E-state index is 6.34. The molecule has 3 aromatic carbocycles. The van der Waals surface area contributed by atoms with E-state index in [1.165, 1.54) is 64.2 Å². The molecule has 0 amide bonds. The second kappa shape index (κ2) is 21.5. The molecule has 250 valence electrons. The van der Waals surface area contributed by atoms with E-state index < -0.39 is 0 Å². The molecule has 1 unspecified atom stereocenters. The minimum Gasteiger partial charge on any atom is -0.496 e. The Morgan fingerprint density at radius 1 is 0.689 bits per heavy atom. The summed E-state index contributed by atoms with van der Waals surface area (Å²) in [6, 6.07) is 18.6. The monoisotopic (exact) mass is 623 g/mol. The number of hydrogen-bond donors (Lipinski definition) is 1. The minimum absolute atomic E-state index is 0. The van der Waals surface area contributed by atoms with E-state index >= 15 is 0 Å². The predicted molar refractivity (Wildman–Crippen MR) is 185 cm³/mol.